The van der Waals surface area contributed by atoms with Gasteiger partial charge in [-0.15, -0.1) is 0 Å². The molecule has 0 N–H and O–H groups in total. The number of rotatable bonds is 7. The molecule has 0 rings (SSSR count). The van der Waals surface area contributed by atoms with Crippen molar-refractivity contribution in [1.29, 1.82) is 0 Å². The fraction of sp³-hybridized carbons (Fsp3) is 0.0588. The van der Waals surface area contributed by atoms with E-state index in [1.165, 1.54) is 0 Å². The fourth-order valence-corrected chi connectivity index (χ4v) is 1.40. The molecule has 0 aliphatic heterocycles. The third-order valence-electron chi connectivity index (χ3n) is 2.18. The van der Waals surface area contributed by atoms with E-state index in [2.05, 4.69) is 32.9 Å². The highest BCUT2D eigenvalue weighted by atomic mass is 14.1. The summed E-state index contributed by atoms with van der Waals surface area (Å²) in [4.78, 5) is 0. The van der Waals surface area contributed by atoms with E-state index in [0.717, 1.165) is 22.3 Å². The van der Waals surface area contributed by atoms with Crippen LogP contribution in [0.4, 0.5) is 0 Å². The second kappa shape index (κ2) is 8.12. The zero-order valence-electron chi connectivity index (χ0n) is 10.6. The van der Waals surface area contributed by atoms with Crippen LogP contribution < -0.4 is 0 Å². The molecule has 0 heteroatoms. The molecule has 0 fully saturated rings. The van der Waals surface area contributed by atoms with Gasteiger partial charge in [-0.3, -0.25) is 0 Å². The van der Waals surface area contributed by atoms with Crippen molar-refractivity contribution in [3.63, 3.8) is 0 Å². The number of hydrogen-bond donors (Lipinski definition) is 0. The van der Waals surface area contributed by atoms with E-state index in [0.29, 0.717) is 0 Å². The van der Waals surface area contributed by atoms with Crippen molar-refractivity contribution in [2.24, 2.45) is 0 Å². The van der Waals surface area contributed by atoms with Gasteiger partial charge in [0.15, 0.2) is 0 Å². The molecule has 0 bridgehead atoms. The van der Waals surface area contributed by atoms with Crippen molar-refractivity contribution in [2.75, 3.05) is 0 Å². The van der Waals surface area contributed by atoms with E-state index in [9.17, 15) is 0 Å². The van der Waals surface area contributed by atoms with Crippen LogP contribution in [0, 0.1) is 0 Å². The molecule has 0 nitrogen and oxygen atoms in total. The van der Waals surface area contributed by atoms with Crippen molar-refractivity contribution in [2.45, 2.75) is 6.92 Å². The zero-order chi connectivity index (χ0) is 13.3. The highest BCUT2D eigenvalue weighted by Crippen LogP contribution is 2.23. The van der Waals surface area contributed by atoms with Crippen LogP contribution in [0.5, 0.6) is 0 Å². The van der Waals surface area contributed by atoms with Crippen molar-refractivity contribution < 1.29 is 0 Å². The summed E-state index contributed by atoms with van der Waals surface area (Å²) in [6, 6.07) is 0. The molecule has 17 heavy (non-hydrogen) atoms. The molecule has 0 aromatic carbocycles. The molecule has 0 aromatic rings. The van der Waals surface area contributed by atoms with E-state index in [4.69, 9.17) is 0 Å². The second-order valence-corrected chi connectivity index (χ2v) is 3.47. The van der Waals surface area contributed by atoms with Gasteiger partial charge in [0.2, 0.25) is 0 Å². The monoisotopic (exact) mass is 224 g/mol. The Morgan fingerprint density at radius 1 is 0.941 bits per heavy atom. The second-order valence-electron chi connectivity index (χ2n) is 3.47. The minimum absolute atomic E-state index is 0.964. The highest BCUT2D eigenvalue weighted by Gasteiger charge is 2.05. The first-order valence-electron chi connectivity index (χ1n) is 5.39. The molecule has 0 spiro atoms. The smallest absolute Gasteiger partial charge is 0.0115 e. The lowest BCUT2D eigenvalue weighted by Gasteiger charge is -2.10. The average Bonchev–Trinajstić information content (AvgIpc) is 2.32. The maximum atomic E-state index is 3.96. The Kier molecular flexibility index (Phi) is 7.12. The number of hydrogen-bond acceptors (Lipinski definition) is 0. The van der Waals surface area contributed by atoms with Crippen LogP contribution in [0.2, 0.25) is 0 Å². The molecular formula is C17H20. The third kappa shape index (κ3) is 4.52. The summed E-state index contributed by atoms with van der Waals surface area (Å²) in [6.45, 7) is 20.9. The maximum absolute atomic E-state index is 3.96. The number of allylic oxidation sites excluding steroid dienone is 11. The Morgan fingerprint density at radius 2 is 1.59 bits per heavy atom. The molecule has 0 aliphatic carbocycles. The molecule has 88 valence electrons. The Balaban J connectivity index is 5.84. The molecule has 0 atom stereocenters. The summed E-state index contributed by atoms with van der Waals surface area (Å²) >= 11 is 0. The third-order valence-corrected chi connectivity index (χ3v) is 2.18. The minimum Gasteiger partial charge on any atom is -0.0991 e. The molecular weight excluding hydrogens is 204 g/mol. The topological polar surface area (TPSA) is 0 Å². The van der Waals surface area contributed by atoms with Crippen LogP contribution >= 0.6 is 0 Å². The van der Waals surface area contributed by atoms with Gasteiger partial charge in [-0.05, 0) is 23.6 Å². The van der Waals surface area contributed by atoms with Crippen LogP contribution in [0.3, 0.4) is 0 Å². The maximum Gasteiger partial charge on any atom is -0.0115 e. The molecule has 0 radical (unpaired) electrons. The predicted molar refractivity (Wildman–Crippen MR) is 79.9 cm³/mol. The van der Waals surface area contributed by atoms with Gasteiger partial charge in [-0.2, -0.15) is 0 Å². The largest absolute Gasteiger partial charge is 0.0991 e. The van der Waals surface area contributed by atoms with Gasteiger partial charge in [-0.1, -0.05) is 81.0 Å². The van der Waals surface area contributed by atoms with E-state index in [1.807, 2.05) is 25.2 Å². The van der Waals surface area contributed by atoms with Gasteiger partial charge in [0, 0.05) is 0 Å². The SMILES string of the molecule is C=C/C=C/C(C=C)=C(C=C)\C(=C\C=C)C(=C)C. The van der Waals surface area contributed by atoms with Gasteiger partial charge in [-0.25, -0.2) is 0 Å². The zero-order valence-corrected chi connectivity index (χ0v) is 10.6. The van der Waals surface area contributed by atoms with Gasteiger partial charge in [0.25, 0.3) is 0 Å². The molecule has 0 amide bonds. The minimum atomic E-state index is 0.964. The molecule has 0 heterocycles. The average molecular weight is 224 g/mol. The molecule has 0 unspecified atom stereocenters. The van der Waals surface area contributed by atoms with Crippen LogP contribution in [0.15, 0.2) is 97.7 Å². The first kappa shape index (κ1) is 14.9. The first-order valence-corrected chi connectivity index (χ1v) is 5.39. The Morgan fingerprint density at radius 3 is 1.94 bits per heavy atom. The fourth-order valence-electron chi connectivity index (χ4n) is 1.40. The molecule has 0 saturated carbocycles. The molecule has 0 saturated heterocycles. The Labute approximate surface area is 105 Å². The van der Waals surface area contributed by atoms with Crippen LogP contribution in [0.1, 0.15) is 6.92 Å². The van der Waals surface area contributed by atoms with Gasteiger partial charge in [0.1, 0.15) is 0 Å². The van der Waals surface area contributed by atoms with Crippen molar-refractivity contribution >= 4 is 0 Å². The normalized spacial score (nSPS) is 12.9. The lowest BCUT2D eigenvalue weighted by atomic mass is 9.94. The van der Waals surface area contributed by atoms with E-state index >= 15 is 0 Å². The summed E-state index contributed by atoms with van der Waals surface area (Å²) < 4.78 is 0. The van der Waals surface area contributed by atoms with Crippen molar-refractivity contribution in [3.05, 3.63) is 97.7 Å². The summed E-state index contributed by atoms with van der Waals surface area (Å²) in [5.41, 5.74) is 3.95. The van der Waals surface area contributed by atoms with E-state index in [1.54, 1.807) is 24.3 Å². The summed E-state index contributed by atoms with van der Waals surface area (Å²) in [5.74, 6) is 0. The van der Waals surface area contributed by atoms with Gasteiger partial charge < -0.3 is 0 Å². The standard InChI is InChI=1S/C17H20/c1-7-11-13-15(9-3)16(10-4)17(12-8-2)14(5)6/h7-13H,1-5H2,6H3/b13-11+,16-15-,17-12+. The Hall–Kier alpha value is -2.08. The molecule has 0 aromatic heterocycles. The van der Waals surface area contributed by atoms with Crippen molar-refractivity contribution in [3.8, 4) is 0 Å². The van der Waals surface area contributed by atoms with Gasteiger partial charge in [0.05, 0.1) is 0 Å². The van der Waals surface area contributed by atoms with Crippen LogP contribution in [-0.4, -0.2) is 0 Å². The predicted octanol–water partition coefficient (Wildman–Crippen LogP) is 5.09. The quantitative estimate of drug-likeness (QED) is 0.529. The van der Waals surface area contributed by atoms with Gasteiger partial charge >= 0.3 is 0 Å². The lowest BCUT2D eigenvalue weighted by molar-refractivity contribution is 1.37. The van der Waals surface area contributed by atoms with Crippen LogP contribution in [0.25, 0.3) is 0 Å². The summed E-state index contributed by atoms with van der Waals surface area (Å²) in [6.07, 6.45) is 12.8. The molecule has 0 aliphatic rings. The highest BCUT2D eigenvalue weighted by molar-refractivity contribution is 5.57. The summed E-state index contributed by atoms with van der Waals surface area (Å²) in [7, 11) is 0. The van der Waals surface area contributed by atoms with Crippen molar-refractivity contribution in [1.82, 2.24) is 0 Å². The first-order chi connectivity index (χ1) is 8.12. The Bertz CT molecular complexity index is 423. The summed E-state index contributed by atoms with van der Waals surface area (Å²) in [5, 5.41) is 0. The lowest BCUT2D eigenvalue weighted by Crippen LogP contribution is -1.92. The van der Waals surface area contributed by atoms with Crippen LogP contribution in [-0.2, 0) is 0 Å². The van der Waals surface area contributed by atoms with E-state index in [-0.39, 0.29) is 0 Å². The van der Waals surface area contributed by atoms with E-state index < -0.39 is 0 Å².